The summed E-state index contributed by atoms with van der Waals surface area (Å²) in [6, 6.07) is 11.5. The van der Waals surface area contributed by atoms with Crippen molar-refractivity contribution in [2.24, 2.45) is 0 Å². The van der Waals surface area contributed by atoms with Gasteiger partial charge >= 0.3 is 0 Å². The van der Waals surface area contributed by atoms with Gasteiger partial charge in [0, 0.05) is 47.9 Å². The van der Waals surface area contributed by atoms with Gasteiger partial charge in [-0.15, -0.1) is 0 Å². The van der Waals surface area contributed by atoms with E-state index in [1.807, 2.05) is 12.1 Å². The number of aryl methyl sites for hydroxylation is 2. The number of nitro groups is 1. The van der Waals surface area contributed by atoms with Crippen molar-refractivity contribution in [1.82, 2.24) is 19.5 Å². The van der Waals surface area contributed by atoms with Gasteiger partial charge in [0.15, 0.2) is 0 Å². The Morgan fingerprint density at radius 3 is 2.69 bits per heavy atom. The Hall–Kier alpha value is -3.94. The molecule has 8 heteroatoms. The molecule has 4 aromatic rings. The fourth-order valence-electron chi connectivity index (χ4n) is 3.28. The lowest BCUT2D eigenvalue weighted by molar-refractivity contribution is -0.384. The molecule has 144 valence electrons. The first-order valence-electron chi connectivity index (χ1n) is 9.13. The lowest BCUT2D eigenvalue weighted by Crippen LogP contribution is -2.23. The van der Waals surface area contributed by atoms with Gasteiger partial charge in [0.2, 0.25) is 0 Å². The first-order valence-corrected chi connectivity index (χ1v) is 9.13. The standard InChI is InChI=1S/C21H17N5O3/c27-21-16(4-1-6-17-14-22-10-11-23-17)12-15-5-3-9-24-20(15)25(21)18-7-2-8-19(13-18)26(28)29/h2-3,5,7-14H,1,4,6H2. The van der Waals surface area contributed by atoms with Gasteiger partial charge < -0.3 is 0 Å². The van der Waals surface area contributed by atoms with Crippen LogP contribution in [0.3, 0.4) is 0 Å². The van der Waals surface area contributed by atoms with Crippen molar-refractivity contribution >= 4 is 16.7 Å². The number of fused-ring (bicyclic) bond motifs is 1. The number of nitrogens with zero attached hydrogens (tertiary/aromatic N) is 5. The zero-order chi connectivity index (χ0) is 20.2. The molecule has 0 aliphatic rings. The summed E-state index contributed by atoms with van der Waals surface area (Å²) >= 11 is 0. The van der Waals surface area contributed by atoms with E-state index < -0.39 is 4.92 Å². The van der Waals surface area contributed by atoms with E-state index in [0.29, 0.717) is 29.7 Å². The lowest BCUT2D eigenvalue weighted by atomic mass is 10.1. The fraction of sp³-hybridized carbons (Fsp3) is 0.143. The van der Waals surface area contributed by atoms with Gasteiger partial charge in [-0.1, -0.05) is 6.07 Å². The number of non-ortho nitro benzene ring substituents is 1. The summed E-state index contributed by atoms with van der Waals surface area (Å²) in [6.07, 6.45) is 8.57. The number of rotatable bonds is 6. The molecular weight excluding hydrogens is 370 g/mol. The van der Waals surface area contributed by atoms with E-state index in [9.17, 15) is 14.9 Å². The van der Waals surface area contributed by atoms with Crippen LogP contribution in [0.2, 0.25) is 0 Å². The Morgan fingerprint density at radius 2 is 1.90 bits per heavy atom. The molecule has 0 aliphatic heterocycles. The van der Waals surface area contributed by atoms with Crippen molar-refractivity contribution in [1.29, 1.82) is 0 Å². The fourth-order valence-corrected chi connectivity index (χ4v) is 3.28. The van der Waals surface area contributed by atoms with Crippen molar-refractivity contribution in [2.45, 2.75) is 19.3 Å². The van der Waals surface area contributed by atoms with Crippen molar-refractivity contribution < 1.29 is 4.92 Å². The third-order valence-corrected chi connectivity index (χ3v) is 4.63. The van der Waals surface area contributed by atoms with Crippen molar-refractivity contribution in [2.75, 3.05) is 0 Å². The third kappa shape index (κ3) is 3.86. The van der Waals surface area contributed by atoms with E-state index in [0.717, 1.165) is 17.5 Å². The van der Waals surface area contributed by atoms with Crippen LogP contribution in [0.25, 0.3) is 16.7 Å². The monoisotopic (exact) mass is 387 g/mol. The molecule has 0 unspecified atom stereocenters. The molecule has 0 bridgehead atoms. The van der Waals surface area contributed by atoms with Crippen molar-refractivity contribution in [3.8, 4) is 5.69 Å². The van der Waals surface area contributed by atoms with Crippen LogP contribution in [0.5, 0.6) is 0 Å². The zero-order valence-corrected chi connectivity index (χ0v) is 15.4. The first kappa shape index (κ1) is 18.4. The second-order valence-corrected chi connectivity index (χ2v) is 6.55. The minimum Gasteiger partial charge on any atom is -0.269 e. The molecule has 4 rings (SSSR count). The highest BCUT2D eigenvalue weighted by Crippen LogP contribution is 2.20. The smallest absolute Gasteiger partial charge is 0.269 e. The van der Waals surface area contributed by atoms with Crippen molar-refractivity contribution in [3.63, 3.8) is 0 Å². The minimum atomic E-state index is -0.477. The van der Waals surface area contributed by atoms with Crippen LogP contribution in [-0.2, 0) is 12.8 Å². The lowest BCUT2D eigenvalue weighted by Gasteiger charge is -2.12. The Labute approximate surface area is 165 Å². The average molecular weight is 387 g/mol. The molecule has 0 aliphatic carbocycles. The molecule has 0 N–H and O–H groups in total. The van der Waals surface area contributed by atoms with E-state index in [4.69, 9.17) is 0 Å². The van der Waals surface area contributed by atoms with Crippen LogP contribution in [0.1, 0.15) is 17.7 Å². The molecule has 3 aromatic heterocycles. The minimum absolute atomic E-state index is 0.0773. The summed E-state index contributed by atoms with van der Waals surface area (Å²) in [6.45, 7) is 0. The highest BCUT2D eigenvalue weighted by Gasteiger charge is 2.14. The third-order valence-electron chi connectivity index (χ3n) is 4.63. The number of pyridine rings is 2. The quantitative estimate of drug-likeness (QED) is 0.371. The highest BCUT2D eigenvalue weighted by molar-refractivity contribution is 5.77. The highest BCUT2D eigenvalue weighted by atomic mass is 16.6. The molecule has 0 spiro atoms. The van der Waals surface area contributed by atoms with E-state index in [-0.39, 0.29) is 11.2 Å². The van der Waals surface area contributed by atoms with Crippen molar-refractivity contribution in [3.05, 3.63) is 99.0 Å². The molecule has 0 amide bonds. The van der Waals surface area contributed by atoms with E-state index in [2.05, 4.69) is 15.0 Å². The van der Waals surface area contributed by atoms with Crippen LogP contribution in [0.4, 0.5) is 5.69 Å². The number of nitro benzene ring substituents is 1. The molecule has 29 heavy (non-hydrogen) atoms. The summed E-state index contributed by atoms with van der Waals surface area (Å²) in [4.78, 5) is 36.6. The molecule has 1 aromatic carbocycles. The Bertz CT molecular complexity index is 1240. The van der Waals surface area contributed by atoms with Crippen LogP contribution >= 0.6 is 0 Å². The zero-order valence-electron chi connectivity index (χ0n) is 15.4. The van der Waals surface area contributed by atoms with Crippen LogP contribution in [0.15, 0.2) is 72.0 Å². The summed E-state index contributed by atoms with van der Waals surface area (Å²) < 4.78 is 1.44. The van der Waals surface area contributed by atoms with Crippen LogP contribution < -0.4 is 5.56 Å². The van der Waals surface area contributed by atoms with Crippen LogP contribution in [0, 0.1) is 10.1 Å². The Morgan fingerprint density at radius 1 is 1.00 bits per heavy atom. The molecule has 0 saturated heterocycles. The summed E-state index contributed by atoms with van der Waals surface area (Å²) in [5, 5.41) is 12.0. The summed E-state index contributed by atoms with van der Waals surface area (Å²) in [5.41, 5.74) is 2.08. The maximum absolute atomic E-state index is 13.2. The van der Waals surface area contributed by atoms with E-state index in [1.165, 1.54) is 16.7 Å². The van der Waals surface area contributed by atoms with E-state index >= 15 is 0 Å². The van der Waals surface area contributed by atoms with Gasteiger partial charge in [-0.05, 0) is 43.5 Å². The maximum Gasteiger partial charge on any atom is 0.271 e. The topological polar surface area (TPSA) is 104 Å². The molecule has 0 fully saturated rings. The van der Waals surface area contributed by atoms with Crippen LogP contribution in [-0.4, -0.2) is 24.4 Å². The Balaban J connectivity index is 1.75. The Kier molecular flexibility index (Phi) is 5.07. The first-order chi connectivity index (χ1) is 14.1. The maximum atomic E-state index is 13.2. The van der Waals surface area contributed by atoms with Gasteiger partial charge in [-0.3, -0.25) is 29.4 Å². The molecule has 3 heterocycles. The average Bonchev–Trinajstić information content (AvgIpc) is 2.75. The normalized spacial score (nSPS) is 10.9. The number of hydrogen-bond donors (Lipinski definition) is 0. The van der Waals surface area contributed by atoms with Gasteiger partial charge in [0.25, 0.3) is 11.2 Å². The molecule has 8 nitrogen and oxygen atoms in total. The second kappa shape index (κ2) is 7.97. The van der Waals surface area contributed by atoms with Gasteiger partial charge in [0.05, 0.1) is 16.3 Å². The largest absolute Gasteiger partial charge is 0.271 e. The number of benzene rings is 1. The SMILES string of the molecule is O=c1c(CCCc2cnccn2)cc2cccnc2n1-c1cccc([N+](=O)[O-])c1. The summed E-state index contributed by atoms with van der Waals surface area (Å²) in [5.74, 6) is 0. The predicted molar refractivity (Wildman–Crippen MR) is 108 cm³/mol. The molecule has 0 saturated carbocycles. The number of aromatic nitrogens is 4. The van der Waals surface area contributed by atoms with Gasteiger partial charge in [-0.25, -0.2) is 4.98 Å². The molecular formula is C21H17N5O3. The molecule has 0 radical (unpaired) electrons. The number of hydrogen-bond acceptors (Lipinski definition) is 6. The van der Waals surface area contributed by atoms with E-state index in [1.54, 1.807) is 43.0 Å². The molecule has 0 atom stereocenters. The van der Waals surface area contributed by atoms with Gasteiger partial charge in [0.1, 0.15) is 5.65 Å². The van der Waals surface area contributed by atoms with Gasteiger partial charge in [-0.2, -0.15) is 0 Å². The summed E-state index contributed by atoms with van der Waals surface area (Å²) in [7, 11) is 0. The predicted octanol–water partition coefficient (Wildman–Crippen LogP) is 3.26. The second-order valence-electron chi connectivity index (χ2n) is 6.55.